The van der Waals surface area contributed by atoms with Gasteiger partial charge < -0.3 is 19.1 Å². The van der Waals surface area contributed by atoms with Gasteiger partial charge in [-0.3, -0.25) is 15.0 Å². The molecule has 43 heavy (non-hydrogen) atoms. The maximum Gasteiger partial charge on any atom is 0.422 e. The minimum absolute atomic E-state index is 0.0926. The summed E-state index contributed by atoms with van der Waals surface area (Å²) < 4.78 is 56.4. The first-order valence-electron chi connectivity index (χ1n) is 13.7. The molecule has 0 bridgehead atoms. The quantitative estimate of drug-likeness (QED) is 0.150. The number of β-amino-alcohol motifs (C(OH)–C–C–N with tert-alkyl or cyclic N) is 1. The summed E-state index contributed by atoms with van der Waals surface area (Å²) in [6, 6.07) is 19.1. The van der Waals surface area contributed by atoms with Gasteiger partial charge in [0.05, 0.1) is 23.1 Å². The van der Waals surface area contributed by atoms with Gasteiger partial charge in [-0.1, -0.05) is 30.3 Å². The number of fused-ring (bicyclic) bond motifs is 1. The van der Waals surface area contributed by atoms with E-state index in [2.05, 4.69) is 4.74 Å². The Kier molecular flexibility index (Phi) is 8.43. The third-order valence-electron chi connectivity index (χ3n) is 7.75. The van der Waals surface area contributed by atoms with Crippen molar-refractivity contribution in [2.24, 2.45) is 0 Å². The minimum atomic E-state index is -5.03. The number of nitro benzene ring substituents is 1. The fourth-order valence-electron chi connectivity index (χ4n) is 5.45. The number of likely N-dealkylation sites (tertiary alicyclic amines) is 1. The number of hydrogen-bond donors (Lipinski definition) is 1. The van der Waals surface area contributed by atoms with Gasteiger partial charge in [-0.05, 0) is 48.7 Å². The molecule has 1 unspecified atom stereocenters. The zero-order valence-electron chi connectivity index (χ0n) is 23.3. The molecule has 12 heteroatoms. The molecule has 0 saturated carbocycles. The van der Waals surface area contributed by atoms with E-state index in [4.69, 9.17) is 4.74 Å². The molecule has 0 amide bonds. The Hall–Kier alpha value is -4.42. The number of methoxy groups -OCH3 is 1. The van der Waals surface area contributed by atoms with Crippen molar-refractivity contribution in [2.75, 3.05) is 26.7 Å². The lowest BCUT2D eigenvalue weighted by molar-refractivity contribution is -0.384. The molecule has 1 atom stereocenters. The summed E-state index contributed by atoms with van der Waals surface area (Å²) in [5, 5.41) is 23.0. The third-order valence-corrected chi connectivity index (χ3v) is 7.75. The topological polar surface area (TPSA) is 107 Å². The lowest BCUT2D eigenvalue weighted by Gasteiger charge is -2.39. The second-order valence-corrected chi connectivity index (χ2v) is 10.6. The fraction of sp³-hybridized carbons (Fsp3) is 0.323. The Labute approximate surface area is 245 Å². The smallest absolute Gasteiger partial charge is 0.422 e. The Morgan fingerprint density at radius 1 is 1.05 bits per heavy atom. The van der Waals surface area contributed by atoms with Crippen molar-refractivity contribution in [3.05, 3.63) is 106 Å². The highest BCUT2D eigenvalue weighted by molar-refractivity contribution is 5.89. The number of nitrogens with zero attached hydrogens (tertiary/aromatic N) is 3. The molecular formula is C31H30F3N3O6. The maximum atomic E-state index is 14.7. The van der Waals surface area contributed by atoms with Crippen LogP contribution in [0.15, 0.2) is 79.0 Å². The zero-order chi connectivity index (χ0) is 30.8. The highest BCUT2D eigenvalue weighted by Crippen LogP contribution is 2.44. The first-order chi connectivity index (χ1) is 20.5. The monoisotopic (exact) mass is 597 g/mol. The molecule has 1 fully saturated rings. The summed E-state index contributed by atoms with van der Waals surface area (Å²) in [4.78, 5) is 24.1. The van der Waals surface area contributed by atoms with Crippen molar-refractivity contribution in [3.63, 3.8) is 0 Å². The minimum Gasteiger partial charge on any atom is -0.490 e. The zero-order valence-corrected chi connectivity index (χ0v) is 23.3. The first kappa shape index (κ1) is 30.1. The number of non-ortho nitro benzene ring substituents is 1. The largest absolute Gasteiger partial charge is 0.490 e. The van der Waals surface area contributed by atoms with Crippen LogP contribution in [0.4, 0.5) is 18.9 Å². The predicted octanol–water partition coefficient (Wildman–Crippen LogP) is 5.68. The van der Waals surface area contributed by atoms with Crippen LogP contribution in [0.1, 0.15) is 34.3 Å². The molecule has 9 nitrogen and oxygen atoms in total. The Morgan fingerprint density at radius 2 is 1.72 bits per heavy atom. The summed E-state index contributed by atoms with van der Waals surface area (Å²) in [5.41, 5.74) is -2.47. The molecule has 226 valence electrons. The average Bonchev–Trinajstić information content (AvgIpc) is 3.36. The van der Waals surface area contributed by atoms with Crippen LogP contribution in [0.5, 0.6) is 5.75 Å². The molecule has 1 aromatic heterocycles. The Bertz CT molecular complexity index is 1600. The number of piperidine rings is 1. The van der Waals surface area contributed by atoms with Crippen LogP contribution in [0.3, 0.4) is 0 Å². The van der Waals surface area contributed by atoms with Gasteiger partial charge in [0.15, 0.2) is 0 Å². The number of aliphatic hydroxyl groups is 1. The van der Waals surface area contributed by atoms with Gasteiger partial charge in [0.1, 0.15) is 11.9 Å². The summed E-state index contributed by atoms with van der Waals surface area (Å²) in [6.45, 7) is -0.0525. The number of carbonyl (C=O) groups excluding carboxylic acids is 1. The molecule has 2 heterocycles. The highest BCUT2D eigenvalue weighted by Gasteiger charge is 2.57. The third kappa shape index (κ3) is 6.35. The van der Waals surface area contributed by atoms with Crippen LogP contribution in [0.2, 0.25) is 0 Å². The van der Waals surface area contributed by atoms with Gasteiger partial charge in [0.25, 0.3) is 5.69 Å². The van der Waals surface area contributed by atoms with E-state index in [-0.39, 0.29) is 47.9 Å². The summed E-state index contributed by atoms with van der Waals surface area (Å²) in [7, 11) is 1.29. The number of carbonyl (C=O) groups is 1. The van der Waals surface area contributed by atoms with E-state index >= 15 is 0 Å². The van der Waals surface area contributed by atoms with E-state index in [1.54, 1.807) is 53.4 Å². The van der Waals surface area contributed by atoms with Gasteiger partial charge in [0, 0.05) is 55.5 Å². The van der Waals surface area contributed by atoms with Gasteiger partial charge in [0.2, 0.25) is 5.60 Å². The lowest BCUT2D eigenvalue weighted by atomic mass is 9.91. The number of hydrogen-bond acceptors (Lipinski definition) is 7. The summed E-state index contributed by atoms with van der Waals surface area (Å²) in [5.74, 6) is 0.0524. The Balaban J connectivity index is 1.38. The van der Waals surface area contributed by atoms with Crippen molar-refractivity contribution < 1.29 is 37.5 Å². The molecule has 3 aromatic carbocycles. The Morgan fingerprint density at radius 3 is 2.33 bits per heavy atom. The molecule has 0 spiro atoms. The molecule has 5 rings (SSSR count). The van der Waals surface area contributed by atoms with Gasteiger partial charge in [-0.2, -0.15) is 13.2 Å². The molecule has 0 aliphatic carbocycles. The summed E-state index contributed by atoms with van der Waals surface area (Å²) >= 11 is 0. The molecule has 4 aromatic rings. The number of ether oxygens (including phenoxy) is 2. The van der Waals surface area contributed by atoms with E-state index in [1.165, 1.54) is 30.0 Å². The standard InChI is InChI=1S/C31H30F3N3O6/c1-42-29(38)22-7-10-24(11-8-22)43-25-13-15-35(16-14-25)20-30(39,31(32,33)34)27-19-36(18-21-5-3-2-4-6-21)28-17-23(37(40)41)9-12-26(27)28/h2-12,17,19,25,39H,13-16,18,20H2,1H3. The van der Waals surface area contributed by atoms with Crippen molar-refractivity contribution in [1.82, 2.24) is 9.47 Å². The molecule has 1 aliphatic heterocycles. The van der Waals surface area contributed by atoms with E-state index in [9.17, 15) is 33.2 Å². The fourth-order valence-corrected chi connectivity index (χ4v) is 5.45. The van der Waals surface area contributed by atoms with Crippen molar-refractivity contribution in [3.8, 4) is 5.75 Å². The lowest BCUT2D eigenvalue weighted by Crippen LogP contribution is -2.53. The van der Waals surface area contributed by atoms with Crippen molar-refractivity contribution in [1.29, 1.82) is 0 Å². The number of aromatic nitrogens is 1. The SMILES string of the molecule is COC(=O)c1ccc(OC2CCN(CC(O)(c3cn(Cc4ccccc4)c4cc([N+](=O)[O-])ccc34)C(F)(F)F)CC2)cc1. The first-order valence-corrected chi connectivity index (χ1v) is 13.7. The molecule has 1 N–H and O–H groups in total. The van der Waals surface area contributed by atoms with Crippen LogP contribution >= 0.6 is 0 Å². The summed E-state index contributed by atoms with van der Waals surface area (Å²) in [6.07, 6.45) is -3.19. The van der Waals surface area contributed by atoms with E-state index in [0.717, 1.165) is 11.6 Å². The molecule has 1 aliphatic rings. The average molecular weight is 598 g/mol. The van der Waals surface area contributed by atoms with Crippen LogP contribution in [0.25, 0.3) is 10.9 Å². The van der Waals surface area contributed by atoms with Crippen molar-refractivity contribution >= 4 is 22.6 Å². The predicted molar refractivity (Wildman–Crippen MR) is 152 cm³/mol. The number of alkyl halides is 3. The number of rotatable bonds is 9. The van der Waals surface area contributed by atoms with Gasteiger partial charge >= 0.3 is 12.1 Å². The van der Waals surface area contributed by atoms with Crippen LogP contribution in [0, 0.1) is 10.1 Å². The maximum absolute atomic E-state index is 14.7. The number of nitro groups is 1. The van der Waals surface area contributed by atoms with Crippen molar-refractivity contribution in [2.45, 2.75) is 37.3 Å². The molecular weight excluding hydrogens is 567 g/mol. The number of esters is 1. The second kappa shape index (κ2) is 12.1. The number of benzene rings is 3. The van der Waals surface area contributed by atoms with E-state index in [1.807, 2.05) is 6.07 Å². The molecule has 1 saturated heterocycles. The van der Waals surface area contributed by atoms with Crippen LogP contribution in [-0.4, -0.2) is 64.5 Å². The highest BCUT2D eigenvalue weighted by atomic mass is 19.4. The van der Waals surface area contributed by atoms with E-state index < -0.39 is 29.2 Å². The van der Waals surface area contributed by atoms with E-state index in [0.29, 0.717) is 24.2 Å². The second-order valence-electron chi connectivity index (χ2n) is 10.6. The number of halogens is 3. The normalized spacial score (nSPS) is 16.1. The van der Waals surface area contributed by atoms with Crippen LogP contribution in [-0.2, 0) is 16.9 Å². The van der Waals surface area contributed by atoms with Gasteiger partial charge in [-0.15, -0.1) is 0 Å². The molecule has 0 radical (unpaired) electrons. The van der Waals surface area contributed by atoms with Crippen LogP contribution < -0.4 is 4.74 Å². The van der Waals surface area contributed by atoms with Gasteiger partial charge in [-0.25, -0.2) is 4.79 Å².